The summed E-state index contributed by atoms with van der Waals surface area (Å²) in [7, 11) is -3.65. The molecule has 1 heterocycles. The molecular weight excluding hydrogens is 299 g/mol. The van der Waals surface area contributed by atoms with Crippen molar-refractivity contribution >= 4 is 27.9 Å². The standard InChI is InChI=1S/C13H15FN2O4S/c14-12-5-4-11(9-10(12)3-6-13(17)18)15-21(19,20)16-7-1-2-8-16/h3-6,9,15H,1-2,7-8H2,(H,17,18)/b6-3+. The summed E-state index contributed by atoms with van der Waals surface area (Å²) in [6.07, 6.45) is 3.50. The molecule has 0 spiro atoms. The van der Waals surface area contributed by atoms with Gasteiger partial charge < -0.3 is 5.11 Å². The Morgan fingerprint density at radius 2 is 2.00 bits per heavy atom. The van der Waals surface area contributed by atoms with Crippen LogP contribution in [0.25, 0.3) is 6.08 Å². The van der Waals surface area contributed by atoms with Crippen molar-refractivity contribution in [1.82, 2.24) is 4.31 Å². The van der Waals surface area contributed by atoms with Gasteiger partial charge in [-0.15, -0.1) is 0 Å². The number of carboxylic acids is 1. The summed E-state index contributed by atoms with van der Waals surface area (Å²) >= 11 is 0. The summed E-state index contributed by atoms with van der Waals surface area (Å²) in [6, 6.07) is 3.63. The van der Waals surface area contributed by atoms with Gasteiger partial charge in [0.05, 0.1) is 5.69 Å². The number of anilines is 1. The molecule has 21 heavy (non-hydrogen) atoms. The minimum absolute atomic E-state index is 0.000906. The molecule has 0 bridgehead atoms. The highest BCUT2D eigenvalue weighted by Crippen LogP contribution is 2.20. The number of halogens is 1. The van der Waals surface area contributed by atoms with Crippen molar-refractivity contribution < 1.29 is 22.7 Å². The number of nitrogens with zero attached hydrogens (tertiary/aromatic N) is 1. The van der Waals surface area contributed by atoms with Crippen LogP contribution in [0.5, 0.6) is 0 Å². The number of carboxylic acid groups (broad SMARTS) is 1. The topological polar surface area (TPSA) is 86.7 Å². The Bertz CT molecular complexity index is 667. The normalized spacial score (nSPS) is 16.4. The van der Waals surface area contributed by atoms with Crippen LogP contribution < -0.4 is 4.72 Å². The van der Waals surface area contributed by atoms with Gasteiger partial charge in [0.1, 0.15) is 5.82 Å². The van der Waals surface area contributed by atoms with Crippen molar-refractivity contribution in [2.45, 2.75) is 12.8 Å². The number of hydrogen-bond acceptors (Lipinski definition) is 3. The fourth-order valence-electron chi connectivity index (χ4n) is 2.04. The summed E-state index contributed by atoms with van der Waals surface area (Å²) in [5, 5.41) is 8.54. The van der Waals surface area contributed by atoms with Gasteiger partial charge >= 0.3 is 16.2 Å². The fourth-order valence-corrected chi connectivity index (χ4v) is 3.33. The Hall–Kier alpha value is -1.93. The first-order valence-corrected chi connectivity index (χ1v) is 7.81. The van der Waals surface area contributed by atoms with Crippen molar-refractivity contribution in [1.29, 1.82) is 0 Å². The molecule has 2 rings (SSSR count). The maximum Gasteiger partial charge on any atom is 0.328 e. The minimum atomic E-state index is -3.65. The van der Waals surface area contributed by atoms with E-state index < -0.39 is 22.0 Å². The lowest BCUT2D eigenvalue weighted by atomic mass is 10.2. The third-order valence-electron chi connectivity index (χ3n) is 3.05. The van der Waals surface area contributed by atoms with Gasteiger partial charge in [0, 0.05) is 24.7 Å². The summed E-state index contributed by atoms with van der Waals surface area (Å²) in [5.74, 6) is -1.84. The first kappa shape index (κ1) is 15.5. The van der Waals surface area contributed by atoms with E-state index in [0.29, 0.717) is 13.1 Å². The minimum Gasteiger partial charge on any atom is -0.478 e. The average molecular weight is 314 g/mol. The average Bonchev–Trinajstić information content (AvgIpc) is 2.93. The van der Waals surface area contributed by atoms with Crippen LogP contribution >= 0.6 is 0 Å². The van der Waals surface area contributed by atoms with Crippen molar-refractivity contribution in [2.24, 2.45) is 0 Å². The van der Waals surface area contributed by atoms with Crippen LogP contribution in [0, 0.1) is 5.82 Å². The van der Waals surface area contributed by atoms with Crippen molar-refractivity contribution in [3.63, 3.8) is 0 Å². The predicted octanol–water partition coefficient (Wildman–Crippen LogP) is 1.68. The number of rotatable bonds is 5. The molecule has 1 fully saturated rings. The molecule has 1 aliphatic rings. The second-order valence-electron chi connectivity index (χ2n) is 4.62. The van der Waals surface area contributed by atoms with E-state index in [1.165, 1.54) is 16.4 Å². The Morgan fingerprint density at radius 1 is 1.33 bits per heavy atom. The molecular formula is C13H15FN2O4S. The Morgan fingerprint density at radius 3 is 2.62 bits per heavy atom. The number of aliphatic carboxylic acids is 1. The van der Waals surface area contributed by atoms with E-state index in [0.717, 1.165) is 31.1 Å². The molecule has 1 saturated heterocycles. The lowest BCUT2D eigenvalue weighted by Gasteiger charge is -2.17. The van der Waals surface area contributed by atoms with E-state index in [2.05, 4.69) is 4.72 Å². The molecule has 8 heteroatoms. The van der Waals surface area contributed by atoms with E-state index >= 15 is 0 Å². The molecule has 0 amide bonds. The predicted molar refractivity (Wildman–Crippen MR) is 76.4 cm³/mol. The number of carbonyl (C=O) groups is 1. The third-order valence-corrected chi connectivity index (χ3v) is 4.59. The van der Waals surface area contributed by atoms with Crippen LogP contribution in [-0.2, 0) is 15.0 Å². The molecule has 0 unspecified atom stereocenters. The Labute approximate surface area is 122 Å². The summed E-state index contributed by atoms with van der Waals surface area (Å²) in [5.41, 5.74) is 0.187. The van der Waals surface area contributed by atoms with Gasteiger partial charge in [-0.3, -0.25) is 4.72 Å². The molecule has 0 atom stereocenters. The smallest absolute Gasteiger partial charge is 0.328 e. The Balaban J connectivity index is 2.21. The highest BCUT2D eigenvalue weighted by molar-refractivity contribution is 7.90. The van der Waals surface area contributed by atoms with Crippen LogP contribution in [0.2, 0.25) is 0 Å². The monoisotopic (exact) mass is 314 g/mol. The van der Waals surface area contributed by atoms with Crippen LogP contribution in [0.4, 0.5) is 10.1 Å². The fraction of sp³-hybridized carbons (Fsp3) is 0.308. The van der Waals surface area contributed by atoms with Gasteiger partial charge in [-0.05, 0) is 37.1 Å². The molecule has 0 saturated carbocycles. The SMILES string of the molecule is O=C(O)/C=C/c1cc(NS(=O)(=O)N2CCCC2)ccc1F. The van der Waals surface area contributed by atoms with Crippen LogP contribution in [0.15, 0.2) is 24.3 Å². The van der Waals surface area contributed by atoms with E-state index in [-0.39, 0.29) is 11.3 Å². The Kier molecular flexibility index (Phi) is 4.59. The summed E-state index contributed by atoms with van der Waals surface area (Å²) in [6.45, 7) is 0.921. The number of hydrogen-bond donors (Lipinski definition) is 2. The lowest BCUT2D eigenvalue weighted by molar-refractivity contribution is -0.131. The molecule has 2 N–H and O–H groups in total. The second kappa shape index (κ2) is 6.23. The summed E-state index contributed by atoms with van der Waals surface area (Å²) in [4.78, 5) is 10.4. The molecule has 6 nitrogen and oxygen atoms in total. The van der Waals surface area contributed by atoms with Crippen molar-refractivity contribution in [2.75, 3.05) is 17.8 Å². The summed E-state index contributed by atoms with van der Waals surface area (Å²) < 4.78 is 41.4. The van der Waals surface area contributed by atoms with Gasteiger partial charge in [-0.2, -0.15) is 12.7 Å². The molecule has 1 aromatic rings. The van der Waals surface area contributed by atoms with Gasteiger partial charge in [0.25, 0.3) is 0 Å². The van der Waals surface area contributed by atoms with Gasteiger partial charge in [0.15, 0.2) is 0 Å². The van der Waals surface area contributed by atoms with Crippen LogP contribution in [0.3, 0.4) is 0 Å². The van der Waals surface area contributed by atoms with E-state index in [4.69, 9.17) is 5.11 Å². The third kappa shape index (κ3) is 4.02. The van der Waals surface area contributed by atoms with E-state index in [9.17, 15) is 17.6 Å². The highest BCUT2D eigenvalue weighted by Gasteiger charge is 2.25. The zero-order chi connectivity index (χ0) is 15.5. The number of benzene rings is 1. The number of nitrogens with one attached hydrogen (secondary N) is 1. The van der Waals surface area contributed by atoms with Crippen LogP contribution in [-0.4, -0.2) is 36.9 Å². The second-order valence-corrected chi connectivity index (χ2v) is 6.29. The first-order chi connectivity index (χ1) is 9.88. The lowest BCUT2D eigenvalue weighted by Crippen LogP contribution is -2.33. The van der Waals surface area contributed by atoms with Gasteiger partial charge in [-0.1, -0.05) is 0 Å². The molecule has 114 valence electrons. The maximum absolute atomic E-state index is 13.5. The van der Waals surface area contributed by atoms with Gasteiger partial charge in [-0.25, -0.2) is 9.18 Å². The largest absolute Gasteiger partial charge is 0.478 e. The van der Waals surface area contributed by atoms with Crippen molar-refractivity contribution in [3.05, 3.63) is 35.7 Å². The zero-order valence-corrected chi connectivity index (χ0v) is 11.9. The van der Waals surface area contributed by atoms with E-state index in [1.807, 2.05) is 0 Å². The highest BCUT2D eigenvalue weighted by atomic mass is 32.2. The van der Waals surface area contributed by atoms with Crippen molar-refractivity contribution in [3.8, 4) is 0 Å². The maximum atomic E-state index is 13.5. The van der Waals surface area contributed by atoms with E-state index in [1.54, 1.807) is 0 Å². The molecule has 1 aromatic carbocycles. The zero-order valence-electron chi connectivity index (χ0n) is 11.1. The molecule has 0 aliphatic carbocycles. The first-order valence-electron chi connectivity index (χ1n) is 6.37. The molecule has 1 aliphatic heterocycles. The van der Waals surface area contributed by atoms with Crippen LogP contribution in [0.1, 0.15) is 18.4 Å². The molecule has 0 radical (unpaired) electrons. The molecule has 0 aromatic heterocycles. The van der Waals surface area contributed by atoms with Gasteiger partial charge in [0.2, 0.25) is 0 Å². The quantitative estimate of drug-likeness (QED) is 0.810.